The van der Waals surface area contributed by atoms with Crippen molar-refractivity contribution < 1.29 is 19.4 Å². The molecule has 4 atom stereocenters. The van der Waals surface area contributed by atoms with Crippen molar-refractivity contribution in [3.05, 3.63) is 84.4 Å². The molecule has 0 aliphatic rings. The van der Waals surface area contributed by atoms with E-state index in [4.69, 9.17) is 0 Å². The van der Waals surface area contributed by atoms with Crippen molar-refractivity contribution in [1.29, 1.82) is 0 Å². The number of unbranched alkanes of at least 4 members (excludes halogenated alkanes) is 3. The van der Waals surface area contributed by atoms with Crippen LogP contribution in [0.3, 0.4) is 0 Å². The van der Waals surface area contributed by atoms with Crippen LogP contribution in [-0.2, 0) is 9.36 Å². The summed E-state index contributed by atoms with van der Waals surface area (Å²) in [6.07, 6.45) is 5.49. The highest BCUT2D eigenvalue weighted by atomic mass is 31.2. The van der Waals surface area contributed by atoms with Crippen molar-refractivity contribution in [3.8, 4) is 0 Å². The minimum Gasteiger partial charge on any atom is -0.481 e. The second kappa shape index (κ2) is 10.7. The molecule has 0 saturated carbocycles. The van der Waals surface area contributed by atoms with Gasteiger partial charge in [-0.25, -0.2) is 0 Å². The molecule has 0 bridgehead atoms. The Labute approximate surface area is 180 Å². The molecule has 2 aromatic carbocycles. The summed E-state index contributed by atoms with van der Waals surface area (Å²) in [4.78, 5) is 24.1. The van der Waals surface area contributed by atoms with E-state index in [1.165, 1.54) is 6.08 Å². The largest absolute Gasteiger partial charge is 0.481 e. The van der Waals surface area contributed by atoms with Gasteiger partial charge in [0.25, 0.3) is 0 Å². The second-order valence-corrected chi connectivity index (χ2v) is 10.9. The zero-order valence-electron chi connectivity index (χ0n) is 17.9. The van der Waals surface area contributed by atoms with Crippen molar-refractivity contribution in [3.63, 3.8) is 0 Å². The fourth-order valence-electron chi connectivity index (χ4n) is 4.26. The third-order valence-electron chi connectivity index (χ3n) is 6.01. The summed E-state index contributed by atoms with van der Waals surface area (Å²) in [5.74, 6) is -2.17. The Bertz CT molecular complexity index is 865. The van der Waals surface area contributed by atoms with Crippen LogP contribution in [-0.4, -0.2) is 21.1 Å². The SMILES string of the molecule is C=CC(c1ccccc1)P(=O)(O)C(C)(CCCCCC)C(C(=O)O)c1ccccc1. The van der Waals surface area contributed by atoms with Gasteiger partial charge in [0, 0.05) is 0 Å². The van der Waals surface area contributed by atoms with Gasteiger partial charge in [0.05, 0.1) is 16.7 Å². The lowest BCUT2D eigenvalue weighted by Gasteiger charge is -2.42. The fraction of sp³-hybridized carbons (Fsp3) is 0.400. The third-order valence-corrected chi connectivity index (χ3v) is 9.22. The predicted molar refractivity (Wildman–Crippen MR) is 123 cm³/mol. The van der Waals surface area contributed by atoms with Crippen LogP contribution in [0.15, 0.2) is 73.3 Å². The highest BCUT2D eigenvalue weighted by Gasteiger charge is 2.55. The maximum atomic E-state index is 14.2. The predicted octanol–water partition coefficient (Wildman–Crippen LogP) is 6.78. The first-order valence-electron chi connectivity index (χ1n) is 10.6. The second-order valence-electron chi connectivity index (χ2n) is 8.06. The van der Waals surface area contributed by atoms with E-state index in [9.17, 15) is 19.4 Å². The number of benzene rings is 2. The van der Waals surface area contributed by atoms with Gasteiger partial charge in [-0.05, 0) is 24.5 Å². The summed E-state index contributed by atoms with van der Waals surface area (Å²) in [7, 11) is -4.07. The number of allylic oxidation sites excluding steroid dienone is 1. The van der Waals surface area contributed by atoms with Crippen LogP contribution in [0.2, 0.25) is 0 Å². The smallest absolute Gasteiger partial charge is 0.312 e. The molecular formula is C25H33O4P. The molecule has 0 aliphatic carbocycles. The Balaban J connectivity index is 2.60. The number of carboxylic acids is 1. The standard InChI is InChI=1S/C25H33O4P/c1-4-6-7-14-19-25(3,23(24(26)27)21-17-12-9-13-18-21)30(28,29)22(5-2)20-15-10-8-11-16-20/h5,8-13,15-18,22-23H,2,4,6-7,14,19H2,1,3H3,(H,26,27)(H,28,29). The highest BCUT2D eigenvalue weighted by molar-refractivity contribution is 7.60. The molecule has 4 unspecified atom stereocenters. The maximum absolute atomic E-state index is 14.2. The molecule has 2 rings (SSSR count). The summed E-state index contributed by atoms with van der Waals surface area (Å²) in [5, 5.41) is 8.85. The molecule has 0 aliphatic heterocycles. The zero-order valence-corrected chi connectivity index (χ0v) is 18.8. The molecule has 0 saturated heterocycles. The number of carbonyl (C=O) groups is 1. The van der Waals surface area contributed by atoms with Gasteiger partial charge in [-0.3, -0.25) is 9.36 Å². The van der Waals surface area contributed by atoms with E-state index in [0.29, 0.717) is 24.0 Å². The number of carboxylic acid groups (broad SMARTS) is 1. The van der Waals surface area contributed by atoms with E-state index >= 15 is 0 Å². The van der Waals surface area contributed by atoms with Gasteiger partial charge in [0.1, 0.15) is 0 Å². The van der Waals surface area contributed by atoms with E-state index in [1.54, 1.807) is 43.3 Å². The minimum atomic E-state index is -4.07. The Morgan fingerprint density at radius 2 is 1.57 bits per heavy atom. The fourth-order valence-corrected chi connectivity index (χ4v) is 6.87. The third kappa shape index (κ3) is 5.11. The van der Waals surface area contributed by atoms with Crippen LogP contribution in [0, 0.1) is 0 Å². The maximum Gasteiger partial charge on any atom is 0.312 e. The molecule has 5 heteroatoms. The first kappa shape index (κ1) is 24.1. The molecule has 0 fully saturated rings. The molecule has 2 aromatic rings. The first-order chi connectivity index (χ1) is 14.3. The quantitative estimate of drug-likeness (QED) is 0.222. The number of hydrogen-bond donors (Lipinski definition) is 2. The summed E-state index contributed by atoms with van der Waals surface area (Å²) < 4.78 is 14.2. The summed E-state index contributed by atoms with van der Waals surface area (Å²) in [6, 6.07) is 17.9. The molecule has 4 nitrogen and oxygen atoms in total. The molecule has 162 valence electrons. The molecule has 2 N–H and O–H groups in total. The van der Waals surface area contributed by atoms with Crippen molar-refractivity contribution in [1.82, 2.24) is 0 Å². The van der Waals surface area contributed by atoms with E-state index in [0.717, 1.165) is 19.3 Å². The van der Waals surface area contributed by atoms with Crippen LogP contribution < -0.4 is 0 Å². The lowest BCUT2D eigenvalue weighted by atomic mass is 9.83. The number of aliphatic carboxylic acids is 1. The van der Waals surface area contributed by atoms with Gasteiger partial charge in [-0.2, -0.15) is 0 Å². The Morgan fingerprint density at radius 3 is 2.03 bits per heavy atom. The summed E-state index contributed by atoms with van der Waals surface area (Å²) in [5.41, 5.74) is 0.392. The van der Waals surface area contributed by atoms with E-state index in [1.807, 2.05) is 24.3 Å². The normalized spacial score (nSPS) is 17.3. The number of rotatable bonds is 12. The molecular weight excluding hydrogens is 395 g/mol. The van der Waals surface area contributed by atoms with Gasteiger partial charge in [-0.1, -0.05) is 99.3 Å². The van der Waals surface area contributed by atoms with Crippen LogP contribution in [0.4, 0.5) is 0 Å². The van der Waals surface area contributed by atoms with Crippen molar-refractivity contribution in [2.24, 2.45) is 0 Å². The Morgan fingerprint density at radius 1 is 1.03 bits per heavy atom. The van der Waals surface area contributed by atoms with Crippen LogP contribution in [0.1, 0.15) is 68.7 Å². The van der Waals surface area contributed by atoms with Gasteiger partial charge in [0.15, 0.2) is 0 Å². The molecule has 0 amide bonds. The van der Waals surface area contributed by atoms with Crippen LogP contribution >= 0.6 is 7.37 Å². The topological polar surface area (TPSA) is 74.6 Å². The number of hydrogen-bond acceptors (Lipinski definition) is 2. The van der Waals surface area contributed by atoms with Gasteiger partial charge in [-0.15, -0.1) is 6.58 Å². The van der Waals surface area contributed by atoms with E-state index < -0.39 is 30.1 Å². The van der Waals surface area contributed by atoms with Crippen molar-refractivity contribution in [2.45, 2.75) is 62.7 Å². The van der Waals surface area contributed by atoms with Gasteiger partial charge >= 0.3 is 5.97 Å². The Hall–Kier alpha value is -2.16. The lowest BCUT2D eigenvalue weighted by molar-refractivity contribution is -0.139. The molecule has 0 radical (unpaired) electrons. The molecule has 0 aromatic heterocycles. The van der Waals surface area contributed by atoms with Crippen molar-refractivity contribution >= 4 is 13.3 Å². The molecule has 30 heavy (non-hydrogen) atoms. The minimum absolute atomic E-state index is 0.351. The first-order valence-corrected chi connectivity index (χ1v) is 12.3. The van der Waals surface area contributed by atoms with E-state index in [-0.39, 0.29) is 0 Å². The van der Waals surface area contributed by atoms with Gasteiger partial charge < -0.3 is 10.00 Å². The van der Waals surface area contributed by atoms with Crippen LogP contribution in [0.25, 0.3) is 0 Å². The average Bonchev–Trinajstić information content (AvgIpc) is 2.73. The highest BCUT2D eigenvalue weighted by Crippen LogP contribution is 2.70. The lowest BCUT2D eigenvalue weighted by Crippen LogP contribution is -2.39. The average molecular weight is 429 g/mol. The monoisotopic (exact) mass is 428 g/mol. The summed E-state index contributed by atoms with van der Waals surface area (Å²) in [6.45, 7) is 7.60. The zero-order chi connectivity index (χ0) is 22.2. The van der Waals surface area contributed by atoms with E-state index in [2.05, 4.69) is 13.5 Å². The molecule has 0 spiro atoms. The van der Waals surface area contributed by atoms with Gasteiger partial charge in [0.2, 0.25) is 7.37 Å². The van der Waals surface area contributed by atoms with Crippen LogP contribution in [0.5, 0.6) is 0 Å². The summed E-state index contributed by atoms with van der Waals surface area (Å²) >= 11 is 0. The Kier molecular flexibility index (Phi) is 8.64. The molecule has 0 heterocycles. The van der Waals surface area contributed by atoms with Crippen molar-refractivity contribution in [2.75, 3.05) is 0 Å².